The molecule has 0 spiro atoms. The number of nitro groups is 1. The average molecular weight is 443 g/mol. The molecule has 162 valence electrons. The van der Waals surface area contributed by atoms with Crippen LogP contribution in [0.3, 0.4) is 0 Å². The summed E-state index contributed by atoms with van der Waals surface area (Å²) >= 11 is 0. The van der Waals surface area contributed by atoms with Crippen molar-refractivity contribution in [3.8, 4) is 5.75 Å². The van der Waals surface area contributed by atoms with Gasteiger partial charge < -0.3 is 9.94 Å². The van der Waals surface area contributed by atoms with E-state index in [1.165, 1.54) is 13.3 Å². The molecule has 0 aliphatic rings. The van der Waals surface area contributed by atoms with Crippen molar-refractivity contribution in [1.82, 2.24) is 4.98 Å². The number of nitro benzene ring substituents is 1. The minimum absolute atomic E-state index is 0.101. The highest BCUT2D eigenvalue weighted by molar-refractivity contribution is 7.91. The predicted molar refractivity (Wildman–Crippen MR) is 115 cm³/mol. The number of rotatable bonds is 5. The number of ether oxygens (including phenoxy) is 1. The number of aromatic nitrogens is 1. The van der Waals surface area contributed by atoms with Gasteiger partial charge in [0.25, 0.3) is 5.69 Å². The van der Waals surface area contributed by atoms with E-state index in [9.17, 15) is 23.7 Å². The van der Waals surface area contributed by atoms with Gasteiger partial charge in [-0.2, -0.15) is 0 Å². The molecule has 2 aromatic carbocycles. The molecule has 10 heteroatoms. The van der Waals surface area contributed by atoms with E-state index in [0.717, 1.165) is 24.3 Å². The van der Waals surface area contributed by atoms with Crippen LogP contribution in [-0.4, -0.2) is 41.9 Å². The minimum atomic E-state index is -4.17. The van der Waals surface area contributed by atoms with E-state index in [-0.39, 0.29) is 21.2 Å². The van der Waals surface area contributed by atoms with E-state index in [0.29, 0.717) is 21.4 Å². The lowest BCUT2D eigenvalue weighted by Gasteiger charge is -2.19. The summed E-state index contributed by atoms with van der Waals surface area (Å²) < 4.78 is 32.5. The molecule has 1 heterocycles. The molecular formula is C21H21N3O6S. The molecule has 1 aromatic heterocycles. The van der Waals surface area contributed by atoms with Crippen molar-refractivity contribution < 1.29 is 22.8 Å². The van der Waals surface area contributed by atoms with Gasteiger partial charge in [-0.3, -0.25) is 10.1 Å². The topological polar surface area (TPSA) is 125 Å². The number of fused-ring (bicyclic) bond motifs is 1. The Balaban J connectivity index is 2.28. The largest absolute Gasteiger partial charge is 0.623 e. The fraction of sp³-hybridized carbons (Fsp3) is 0.238. The van der Waals surface area contributed by atoms with Gasteiger partial charge in [0.05, 0.1) is 28.0 Å². The zero-order chi connectivity index (χ0) is 23.0. The smallest absolute Gasteiger partial charge is 0.269 e. The second-order valence-electron chi connectivity index (χ2n) is 7.82. The molecule has 0 fully saturated rings. The van der Waals surface area contributed by atoms with Crippen LogP contribution in [0.1, 0.15) is 26.3 Å². The second-order valence-corrected chi connectivity index (χ2v) is 9.69. The molecule has 0 N–H and O–H groups in total. The number of hydrogen-bond donors (Lipinski definition) is 0. The Morgan fingerprint density at radius 1 is 1.03 bits per heavy atom. The standard InChI is InChI=1S/C21H21N3O6S/c1-21(2,3)23(25)13-15-11-14-12-17(30-4)7-10-19(14)22-20(15)31(28,29)18-8-5-16(6-9-18)24(26)27/h5-13H,1-4H3/b23-13-. The highest BCUT2D eigenvalue weighted by Crippen LogP contribution is 2.28. The first-order valence-electron chi connectivity index (χ1n) is 9.23. The van der Waals surface area contributed by atoms with Crippen LogP contribution in [0, 0.1) is 15.3 Å². The van der Waals surface area contributed by atoms with Gasteiger partial charge in [-0.15, -0.1) is 0 Å². The fourth-order valence-electron chi connectivity index (χ4n) is 2.77. The molecule has 0 amide bonds. The maximum atomic E-state index is 13.3. The Morgan fingerprint density at radius 3 is 2.23 bits per heavy atom. The van der Waals surface area contributed by atoms with Crippen LogP contribution in [0.4, 0.5) is 5.69 Å². The van der Waals surface area contributed by atoms with Gasteiger partial charge in [0, 0.05) is 38.3 Å². The third-order valence-electron chi connectivity index (χ3n) is 4.54. The lowest BCUT2D eigenvalue weighted by atomic mass is 10.1. The number of hydrogen-bond acceptors (Lipinski definition) is 7. The highest BCUT2D eigenvalue weighted by Gasteiger charge is 2.27. The highest BCUT2D eigenvalue weighted by atomic mass is 32.2. The van der Waals surface area contributed by atoms with E-state index in [1.807, 2.05) is 0 Å². The Hall–Kier alpha value is -3.53. The van der Waals surface area contributed by atoms with Crippen LogP contribution in [0.2, 0.25) is 0 Å². The summed E-state index contributed by atoms with van der Waals surface area (Å²) in [5.74, 6) is 0.557. The van der Waals surface area contributed by atoms with Gasteiger partial charge in [0.15, 0.2) is 16.8 Å². The van der Waals surface area contributed by atoms with Crippen LogP contribution in [-0.2, 0) is 9.84 Å². The summed E-state index contributed by atoms with van der Waals surface area (Å²) in [6.07, 6.45) is 1.18. The summed E-state index contributed by atoms with van der Waals surface area (Å²) in [4.78, 5) is 14.4. The molecule has 0 unspecified atom stereocenters. The number of nitrogens with zero attached hydrogens (tertiary/aromatic N) is 3. The molecule has 0 aliphatic carbocycles. The van der Waals surface area contributed by atoms with Crippen molar-refractivity contribution in [3.63, 3.8) is 0 Å². The Morgan fingerprint density at radius 2 is 1.68 bits per heavy atom. The third kappa shape index (κ3) is 4.48. The van der Waals surface area contributed by atoms with Crippen molar-refractivity contribution in [2.45, 2.75) is 36.2 Å². The summed E-state index contributed by atoms with van der Waals surface area (Å²) in [6, 6.07) is 11.0. The molecule has 0 saturated heterocycles. The molecule has 9 nitrogen and oxygen atoms in total. The van der Waals surface area contributed by atoms with Gasteiger partial charge in [0.2, 0.25) is 9.84 Å². The summed E-state index contributed by atoms with van der Waals surface area (Å²) in [5, 5.41) is 23.7. The molecule has 0 radical (unpaired) electrons. The quantitative estimate of drug-likeness (QED) is 0.193. The monoisotopic (exact) mass is 443 g/mol. The molecule has 0 bridgehead atoms. The van der Waals surface area contributed by atoms with E-state index in [1.54, 1.807) is 45.0 Å². The van der Waals surface area contributed by atoms with Crippen molar-refractivity contribution in [2.24, 2.45) is 0 Å². The molecule has 3 aromatic rings. The SMILES string of the molecule is COc1ccc2nc(S(=O)(=O)c3ccc([N+](=O)[O-])cc3)c(/C=[N+](\[O-])C(C)(C)C)cc2c1. The van der Waals surface area contributed by atoms with Crippen LogP contribution in [0.25, 0.3) is 10.9 Å². The van der Waals surface area contributed by atoms with E-state index < -0.39 is 20.3 Å². The van der Waals surface area contributed by atoms with Crippen molar-refractivity contribution in [2.75, 3.05) is 7.11 Å². The number of hydroxylamine groups is 1. The minimum Gasteiger partial charge on any atom is -0.623 e. The van der Waals surface area contributed by atoms with Crippen LogP contribution < -0.4 is 4.74 Å². The number of non-ortho nitro benzene ring substituents is 1. The second kappa shape index (κ2) is 7.95. The predicted octanol–water partition coefficient (Wildman–Crippen LogP) is 3.71. The normalized spacial score (nSPS) is 12.7. The lowest BCUT2D eigenvalue weighted by Crippen LogP contribution is -2.29. The third-order valence-corrected chi connectivity index (χ3v) is 6.27. The molecule has 3 rings (SSSR count). The Bertz CT molecular complexity index is 1290. The van der Waals surface area contributed by atoms with Gasteiger partial charge in [0.1, 0.15) is 5.75 Å². The zero-order valence-corrected chi connectivity index (χ0v) is 18.2. The molecular weight excluding hydrogens is 422 g/mol. The Kier molecular flexibility index (Phi) is 5.68. The summed E-state index contributed by atoms with van der Waals surface area (Å²) in [6.45, 7) is 5.08. The van der Waals surface area contributed by atoms with Crippen molar-refractivity contribution in [1.29, 1.82) is 0 Å². The van der Waals surface area contributed by atoms with Gasteiger partial charge in [-0.25, -0.2) is 18.1 Å². The van der Waals surface area contributed by atoms with E-state index in [4.69, 9.17) is 4.74 Å². The number of sulfone groups is 1. The first-order chi connectivity index (χ1) is 14.4. The van der Waals surface area contributed by atoms with Crippen LogP contribution >= 0.6 is 0 Å². The van der Waals surface area contributed by atoms with Gasteiger partial charge >= 0.3 is 0 Å². The maximum absolute atomic E-state index is 13.3. The number of pyridine rings is 1. The first-order valence-corrected chi connectivity index (χ1v) is 10.7. The lowest BCUT2D eigenvalue weighted by molar-refractivity contribution is -0.530. The molecule has 0 aliphatic heterocycles. The van der Waals surface area contributed by atoms with Crippen LogP contribution in [0.5, 0.6) is 5.75 Å². The van der Waals surface area contributed by atoms with E-state index >= 15 is 0 Å². The molecule has 0 saturated carbocycles. The summed E-state index contributed by atoms with van der Waals surface area (Å²) in [5.41, 5.74) is -0.545. The maximum Gasteiger partial charge on any atom is 0.269 e. The summed E-state index contributed by atoms with van der Waals surface area (Å²) in [7, 11) is -2.66. The number of benzene rings is 2. The number of methoxy groups -OCH3 is 1. The molecule has 31 heavy (non-hydrogen) atoms. The van der Waals surface area contributed by atoms with Gasteiger partial charge in [-0.1, -0.05) is 0 Å². The fourth-order valence-corrected chi connectivity index (χ4v) is 4.12. The first kappa shape index (κ1) is 22.2. The Labute approximate surface area is 179 Å². The molecule has 0 atom stereocenters. The van der Waals surface area contributed by atoms with Crippen LogP contribution in [0.15, 0.2) is 58.5 Å². The van der Waals surface area contributed by atoms with Crippen molar-refractivity contribution >= 4 is 32.6 Å². The van der Waals surface area contributed by atoms with Crippen molar-refractivity contribution in [3.05, 3.63) is 69.4 Å². The average Bonchev–Trinajstić information content (AvgIpc) is 2.72. The van der Waals surface area contributed by atoms with Gasteiger partial charge in [-0.05, 0) is 36.4 Å². The zero-order valence-electron chi connectivity index (χ0n) is 17.4. The van der Waals surface area contributed by atoms with E-state index in [2.05, 4.69) is 4.98 Å².